The lowest BCUT2D eigenvalue weighted by Crippen LogP contribution is -1.88. The smallest absolute Gasteiger partial charge is 0.187 e. The summed E-state index contributed by atoms with van der Waals surface area (Å²) in [7, 11) is 0. The molecule has 0 radical (unpaired) electrons. The molecule has 0 N–H and O–H groups in total. The molecule has 0 spiro atoms. The third kappa shape index (κ3) is 1.81. The second-order valence-corrected chi connectivity index (χ2v) is 4.13. The summed E-state index contributed by atoms with van der Waals surface area (Å²) in [4.78, 5) is 7.84. The molecule has 0 aliphatic carbocycles. The van der Waals surface area contributed by atoms with Crippen LogP contribution in [0.15, 0.2) is 42.6 Å². The molecule has 3 rings (SSSR count). The second kappa shape index (κ2) is 4.13. The first kappa shape index (κ1) is 10.8. The van der Waals surface area contributed by atoms with E-state index in [0.29, 0.717) is 10.8 Å². The van der Waals surface area contributed by atoms with Crippen LogP contribution in [0.2, 0.25) is 5.15 Å². The Labute approximate surface area is 108 Å². The van der Waals surface area contributed by atoms with E-state index in [2.05, 4.69) is 14.9 Å². The molecule has 86 valence electrons. The Kier molecular flexibility index (Phi) is 2.47. The van der Waals surface area contributed by atoms with Gasteiger partial charge in [0.1, 0.15) is 5.15 Å². The van der Waals surface area contributed by atoms with Crippen molar-refractivity contribution in [1.82, 2.24) is 14.6 Å². The van der Waals surface area contributed by atoms with Crippen LogP contribution < -0.4 is 0 Å². The van der Waals surface area contributed by atoms with E-state index in [9.17, 15) is 0 Å². The molecule has 0 atom stereocenters. The zero-order valence-electron chi connectivity index (χ0n) is 9.21. The van der Waals surface area contributed by atoms with E-state index in [1.165, 1.54) is 0 Å². The third-order valence-corrected chi connectivity index (χ3v) is 2.76. The SMILES string of the molecule is [C-]#[N+]c1cccc(-c2cn3nc(Cl)ccc3n2)c1. The van der Waals surface area contributed by atoms with Gasteiger partial charge in [0.15, 0.2) is 11.3 Å². The topological polar surface area (TPSA) is 34.5 Å². The lowest BCUT2D eigenvalue weighted by atomic mass is 10.1. The van der Waals surface area contributed by atoms with Crippen molar-refractivity contribution in [3.05, 3.63) is 59.2 Å². The zero-order chi connectivity index (χ0) is 12.5. The van der Waals surface area contributed by atoms with Crippen molar-refractivity contribution in [2.24, 2.45) is 0 Å². The fourth-order valence-corrected chi connectivity index (χ4v) is 1.88. The van der Waals surface area contributed by atoms with E-state index < -0.39 is 0 Å². The molecule has 2 aromatic heterocycles. The molecule has 0 unspecified atom stereocenters. The van der Waals surface area contributed by atoms with Gasteiger partial charge in [0, 0.05) is 0 Å². The largest absolute Gasteiger partial charge is 0.238 e. The van der Waals surface area contributed by atoms with E-state index in [-0.39, 0.29) is 0 Å². The fourth-order valence-electron chi connectivity index (χ4n) is 1.73. The molecule has 0 bridgehead atoms. The first-order valence-electron chi connectivity index (χ1n) is 5.26. The van der Waals surface area contributed by atoms with Crippen molar-refractivity contribution in [2.75, 3.05) is 0 Å². The van der Waals surface area contributed by atoms with E-state index in [4.69, 9.17) is 18.2 Å². The van der Waals surface area contributed by atoms with Crippen LogP contribution >= 0.6 is 11.6 Å². The molecule has 0 saturated carbocycles. The minimum absolute atomic E-state index is 0.418. The fraction of sp³-hybridized carbons (Fsp3) is 0. The standard InChI is InChI=1S/C13H7ClN4/c1-15-10-4-2-3-9(7-10)11-8-18-13(16-11)6-5-12(14)17-18/h2-8H. The van der Waals surface area contributed by atoms with Gasteiger partial charge >= 0.3 is 0 Å². The van der Waals surface area contributed by atoms with Crippen LogP contribution in [0.5, 0.6) is 0 Å². The summed E-state index contributed by atoms with van der Waals surface area (Å²) in [5, 5.41) is 4.54. The second-order valence-electron chi connectivity index (χ2n) is 3.75. The number of hydrogen-bond donors (Lipinski definition) is 0. The number of aromatic nitrogens is 3. The maximum atomic E-state index is 7.01. The predicted molar refractivity (Wildman–Crippen MR) is 69.7 cm³/mol. The minimum atomic E-state index is 0.418. The quantitative estimate of drug-likeness (QED) is 0.622. The van der Waals surface area contributed by atoms with Gasteiger partial charge in [0.2, 0.25) is 0 Å². The number of rotatable bonds is 1. The van der Waals surface area contributed by atoms with Crippen LogP contribution in [0.25, 0.3) is 21.7 Å². The first-order chi connectivity index (χ1) is 8.76. The number of nitrogens with zero attached hydrogens (tertiary/aromatic N) is 4. The van der Waals surface area contributed by atoms with Gasteiger partial charge in [0.25, 0.3) is 0 Å². The summed E-state index contributed by atoms with van der Waals surface area (Å²) in [6.07, 6.45) is 1.80. The highest BCUT2D eigenvalue weighted by Crippen LogP contribution is 2.23. The number of halogens is 1. The molecule has 3 aromatic rings. The maximum Gasteiger partial charge on any atom is 0.187 e. The van der Waals surface area contributed by atoms with Crippen LogP contribution in [0.1, 0.15) is 0 Å². The normalized spacial score (nSPS) is 10.4. The van der Waals surface area contributed by atoms with E-state index >= 15 is 0 Å². The Balaban J connectivity index is 2.16. The summed E-state index contributed by atoms with van der Waals surface area (Å²) in [5.41, 5.74) is 2.98. The summed E-state index contributed by atoms with van der Waals surface area (Å²) in [6, 6.07) is 10.8. The summed E-state index contributed by atoms with van der Waals surface area (Å²) in [6.45, 7) is 7.01. The third-order valence-electron chi connectivity index (χ3n) is 2.56. The maximum absolute atomic E-state index is 7.01. The minimum Gasteiger partial charge on any atom is -0.238 e. The van der Waals surface area contributed by atoms with Crippen LogP contribution in [0.3, 0.4) is 0 Å². The Morgan fingerprint density at radius 1 is 1.22 bits per heavy atom. The van der Waals surface area contributed by atoms with Gasteiger partial charge in [0.05, 0.1) is 18.5 Å². The lowest BCUT2D eigenvalue weighted by Gasteiger charge is -1.95. The van der Waals surface area contributed by atoms with Crippen molar-refractivity contribution in [3.63, 3.8) is 0 Å². The Morgan fingerprint density at radius 3 is 2.94 bits per heavy atom. The van der Waals surface area contributed by atoms with Crippen molar-refractivity contribution in [1.29, 1.82) is 0 Å². The highest BCUT2D eigenvalue weighted by Gasteiger charge is 2.06. The Morgan fingerprint density at radius 2 is 2.11 bits per heavy atom. The molecule has 2 heterocycles. The van der Waals surface area contributed by atoms with Crippen LogP contribution in [0.4, 0.5) is 5.69 Å². The molecular formula is C13H7ClN4. The van der Waals surface area contributed by atoms with Crippen LogP contribution in [0, 0.1) is 6.57 Å². The van der Waals surface area contributed by atoms with Gasteiger partial charge < -0.3 is 0 Å². The number of imidazole rings is 1. The Bertz CT molecular complexity index is 770. The van der Waals surface area contributed by atoms with Crippen molar-refractivity contribution in [3.8, 4) is 11.3 Å². The molecule has 5 heteroatoms. The first-order valence-corrected chi connectivity index (χ1v) is 5.64. The van der Waals surface area contributed by atoms with Gasteiger partial charge in [-0.05, 0) is 23.8 Å². The van der Waals surface area contributed by atoms with Crippen molar-refractivity contribution in [2.45, 2.75) is 0 Å². The molecule has 0 saturated heterocycles. The van der Waals surface area contributed by atoms with E-state index in [0.717, 1.165) is 16.9 Å². The van der Waals surface area contributed by atoms with Crippen LogP contribution in [-0.2, 0) is 0 Å². The number of hydrogen-bond acceptors (Lipinski definition) is 2. The summed E-state index contributed by atoms with van der Waals surface area (Å²) in [5.74, 6) is 0. The summed E-state index contributed by atoms with van der Waals surface area (Å²) >= 11 is 5.82. The molecule has 0 aliphatic heterocycles. The predicted octanol–water partition coefficient (Wildman–Crippen LogP) is 3.60. The van der Waals surface area contributed by atoms with Gasteiger partial charge in [-0.25, -0.2) is 14.3 Å². The average molecular weight is 255 g/mol. The van der Waals surface area contributed by atoms with E-state index in [1.807, 2.05) is 12.1 Å². The zero-order valence-corrected chi connectivity index (χ0v) is 9.96. The van der Waals surface area contributed by atoms with Crippen molar-refractivity contribution < 1.29 is 0 Å². The number of fused-ring (bicyclic) bond motifs is 1. The average Bonchev–Trinajstić information content (AvgIpc) is 2.81. The van der Waals surface area contributed by atoms with Gasteiger partial charge in [-0.2, -0.15) is 5.10 Å². The molecular weight excluding hydrogens is 248 g/mol. The number of benzene rings is 1. The highest BCUT2D eigenvalue weighted by molar-refractivity contribution is 6.29. The molecule has 0 aliphatic rings. The molecule has 1 aromatic carbocycles. The van der Waals surface area contributed by atoms with E-state index in [1.54, 1.807) is 35.0 Å². The molecule has 0 fully saturated rings. The molecule has 18 heavy (non-hydrogen) atoms. The molecule has 0 amide bonds. The van der Waals surface area contributed by atoms with Gasteiger partial charge in [-0.15, -0.1) is 0 Å². The summed E-state index contributed by atoms with van der Waals surface area (Å²) < 4.78 is 1.63. The Hall–Kier alpha value is -2.38. The van der Waals surface area contributed by atoms with Crippen molar-refractivity contribution >= 4 is 22.9 Å². The van der Waals surface area contributed by atoms with Gasteiger partial charge in [-0.3, -0.25) is 0 Å². The van der Waals surface area contributed by atoms with Gasteiger partial charge in [-0.1, -0.05) is 29.8 Å². The highest BCUT2D eigenvalue weighted by atomic mass is 35.5. The lowest BCUT2D eigenvalue weighted by molar-refractivity contribution is 0.937. The monoisotopic (exact) mass is 254 g/mol. The van der Waals surface area contributed by atoms with Crippen LogP contribution in [-0.4, -0.2) is 14.6 Å². The molecule has 4 nitrogen and oxygen atoms in total.